The van der Waals surface area contributed by atoms with Crippen LogP contribution >= 0.6 is 36.4 Å². The highest BCUT2D eigenvalue weighted by atomic mass is 35.7. The van der Waals surface area contributed by atoms with Crippen LogP contribution in [0.4, 0.5) is 0 Å². The molecule has 0 rings (SSSR count). The summed E-state index contributed by atoms with van der Waals surface area (Å²) in [7, 11) is 0. The molecule has 0 heterocycles. The van der Waals surface area contributed by atoms with E-state index in [0.29, 0.717) is 0 Å². The maximum absolute atomic E-state index is 9.91. The van der Waals surface area contributed by atoms with Gasteiger partial charge in [-0.2, -0.15) is 0 Å². The molecule has 0 aliphatic rings. The fourth-order valence-electron chi connectivity index (χ4n) is 0.124. The Morgan fingerprint density at radius 2 is 1.30 bits per heavy atom. The predicted molar refractivity (Wildman–Crippen MR) is 39.2 cm³/mol. The van der Waals surface area contributed by atoms with Gasteiger partial charge in [-0.3, -0.25) is 0 Å². The molecule has 0 aliphatic carbocycles. The molecule has 0 saturated carbocycles. The molecule has 0 fully saturated rings. The van der Waals surface area contributed by atoms with E-state index in [2.05, 4.69) is 26.8 Å². The lowest BCUT2D eigenvalue weighted by atomic mass is 12.0. The summed E-state index contributed by atoms with van der Waals surface area (Å²) in [5, 5.41) is 0. The van der Waals surface area contributed by atoms with E-state index in [9.17, 15) is 9.13 Å². The predicted octanol–water partition coefficient (Wildman–Crippen LogP) is 2.32. The summed E-state index contributed by atoms with van der Waals surface area (Å²) in [4.78, 5) is 16.1. The average Bonchev–Trinajstić information content (AvgIpc) is 1.14. The van der Waals surface area contributed by atoms with Gasteiger partial charge in [0.15, 0.2) is 0 Å². The first kappa shape index (κ1) is 13.5. The monoisotopic (exact) mass is 230 g/mol. The minimum absolute atomic E-state index is 0. The van der Waals surface area contributed by atoms with Gasteiger partial charge in [0.05, 0.1) is 0 Å². The van der Waals surface area contributed by atoms with E-state index in [1.807, 2.05) is 0 Å². The molecule has 0 saturated heterocycles. The lowest BCUT2D eigenvalue weighted by Gasteiger charge is -2.02. The lowest BCUT2D eigenvalue weighted by Crippen LogP contribution is -1.74. The SMILES string of the molecule is C.O=P(O)(Cl)OP(=O)(O)Cl. The lowest BCUT2D eigenvalue weighted by molar-refractivity contribution is 0.359. The van der Waals surface area contributed by atoms with Crippen LogP contribution in [0.2, 0.25) is 0 Å². The molecule has 64 valence electrons. The topological polar surface area (TPSA) is 83.8 Å². The van der Waals surface area contributed by atoms with Gasteiger partial charge in [-0.1, -0.05) is 7.43 Å². The number of halogens is 2. The van der Waals surface area contributed by atoms with Crippen LogP contribution < -0.4 is 0 Å². The van der Waals surface area contributed by atoms with Crippen LogP contribution in [0.3, 0.4) is 0 Å². The average molecular weight is 231 g/mol. The standard InChI is InChI=1S/CH4.Cl2H2O5P2/c;1-8(3,4)7-9(2,5)6/h1H4;(H,3,4)(H,5,6). The van der Waals surface area contributed by atoms with Gasteiger partial charge in [0.1, 0.15) is 0 Å². The zero-order valence-corrected chi connectivity index (χ0v) is 7.07. The molecule has 0 aromatic carbocycles. The molecule has 5 nitrogen and oxygen atoms in total. The molecule has 0 bridgehead atoms. The molecule has 2 atom stereocenters. The highest BCUT2D eigenvalue weighted by Crippen LogP contribution is 2.64. The summed E-state index contributed by atoms with van der Waals surface area (Å²) in [6.45, 7) is -8.92. The van der Waals surface area contributed by atoms with Crippen LogP contribution in [0.25, 0.3) is 0 Å². The number of hydrogen-bond donors (Lipinski definition) is 2. The first-order chi connectivity index (χ1) is 3.71. The van der Waals surface area contributed by atoms with Crippen molar-refractivity contribution < 1.29 is 23.2 Å². The van der Waals surface area contributed by atoms with Crippen molar-refractivity contribution in [3.05, 3.63) is 0 Å². The summed E-state index contributed by atoms with van der Waals surface area (Å²) >= 11 is 8.98. The van der Waals surface area contributed by atoms with Crippen molar-refractivity contribution in [2.75, 3.05) is 0 Å². The van der Waals surface area contributed by atoms with Gasteiger partial charge in [-0.15, -0.1) is 0 Å². The normalized spacial score (nSPS) is 22.0. The van der Waals surface area contributed by atoms with Gasteiger partial charge >= 0.3 is 13.9 Å². The Morgan fingerprint density at radius 3 is 1.30 bits per heavy atom. The molecule has 0 aromatic rings. The number of hydrogen-bond acceptors (Lipinski definition) is 3. The Balaban J connectivity index is 0. The van der Waals surface area contributed by atoms with Crippen LogP contribution in [-0.2, 0) is 13.4 Å². The summed E-state index contributed by atoms with van der Waals surface area (Å²) in [5.74, 6) is 0. The van der Waals surface area contributed by atoms with E-state index < -0.39 is 13.9 Å². The van der Waals surface area contributed by atoms with Crippen LogP contribution in [0.5, 0.6) is 0 Å². The van der Waals surface area contributed by atoms with Crippen LogP contribution in [0, 0.1) is 0 Å². The maximum Gasteiger partial charge on any atom is 0.429 e. The van der Waals surface area contributed by atoms with Gasteiger partial charge in [-0.05, 0) is 0 Å². The molecule has 9 heteroatoms. The van der Waals surface area contributed by atoms with E-state index in [4.69, 9.17) is 9.79 Å². The number of rotatable bonds is 2. The minimum atomic E-state index is -4.46. The Bertz CT molecular complexity index is 158. The van der Waals surface area contributed by atoms with Gasteiger partial charge in [0.2, 0.25) is 0 Å². The van der Waals surface area contributed by atoms with Crippen LogP contribution in [-0.4, -0.2) is 9.79 Å². The van der Waals surface area contributed by atoms with Gasteiger partial charge in [-0.25, -0.2) is 13.4 Å². The molecule has 2 N–H and O–H groups in total. The minimum Gasteiger partial charge on any atom is -0.312 e. The molecule has 0 amide bonds. The Labute approximate surface area is 67.6 Å². The molecular formula is CH6Cl2O5P2. The summed E-state index contributed by atoms with van der Waals surface area (Å²) in [6, 6.07) is 0. The Morgan fingerprint density at radius 1 is 1.10 bits per heavy atom. The van der Waals surface area contributed by atoms with Crippen molar-refractivity contribution in [3.8, 4) is 0 Å². The summed E-state index contributed by atoms with van der Waals surface area (Å²) < 4.78 is 23.2. The highest BCUT2D eigenvalue weighted by molar-refractivity contribution is 7.91. The quantitative estimate of drug-likeness (QED) is 0.712. The van der Waals surface area contributed by atoms with Crippen molar-refractivity contribution >= 4 is 36.4 Å². The first-order valence-corrected chi connectivity index (χ1v) is 6.43. The second-order valence-electron chi connectivity index (χ2n) is 0.985. The largest absolute Gasteiger partial charge is 0.429 e. The van der Waals surface area contributed by atoms with E-state index >= 15 is 0 Å². The van der Waals surface area contributed by atoms with E-state index in [1.165, 1.54) is 0 Å². The molecule has 0 aliphatic heterocycles. The molecule has 0 aromatic heterocycles. The van der Waals surface area contributed by atoms with Crippen molar-refractivity contribution in [2.24, 2.45) is 0 Å². The fraction of sp³-hybridized carbons (Fsp3) is 1.00. The first-order valence-electron chi connectivity index (χ1n) is 1.47. The summed E-state index contributed by atoms with van der Waals surface area (Å²) in [5.41, 5.74) is 0. The van der Waals surface area contributed by atoms with E-state index in [0.717, 1.165) is 0 Å². The second kappa shape index (κ2) is 4.07. The van der Waals surface area contributed by atoms with E-state index in [-0.39, 0.29) is 7.43 Å². The van der Waals surface area contributed by atoms with Gasteiger partial charge < -0.3 is 9.79 Å². The molecule has 0 radical (unpaired) electrons. The van der Waals surface area contributed by atoms with Crippen LogP contribution in [0.15, 0.2) is 0 Å². The zero-order valence-electron chi connectivity index (χ0n) is 3.77. The molecule has 10 heavy (non-hydrogen) atoms. The smallest absolute Gasteiger partial charge is 0.312 e. The van der Waals surface area contributed by atoms with Crippen molar-refractivity contribution in [2.45, 2.75) is 7.43 Å². The van der Waals surface area contributed by atoms with Gasteiger partial charge in [0.25, 0.3) is 0 Å². The van der Waals surface area contributed by atoms with Crippen molar-refractivity contribution in [1.29, 1.82) is 0 Å². The van der Waals surface area contributed by atoms with Crippen LogP contribution in [0.1, 0.15) is 7.43 Å². The summed E-state index contributed by atoms with van der Waals surface area (Å²) in [6.07, 6.45) is 0. The van der Waals surface area contributed by atoms with E-state index in [1.54, 1.807) is 0 Å². The van der Waals surface area contributed by atoms with Crippen molar-refractivity contribution in [3.63, 3.8) is 0 Å². The Kier molecular flexibility index (Phi) is 5.50. The third-order valence-corrected chi connectivity index (χ3v) is 2.92. The molecule has 2 unspecified atom stereocenters. The third kappa shape index (κ3) is 11.7. The van der Waals surface area contributed by atoms with Crippen molar-refractivity contribution in [1.82, 2.24) is 0 Å². The third-order valence-electron chi connectivity index (χ3n) is 0.201. The second-order valence-corrected chi connectivity index (χ2v) is 6.01. The maximum atomic E-state index is 9.91. The molecule has 0 spiro atoms. The highest BCUT2D eigenvalue weighted by Gasteiger charge is 2.27. The zero-order chi connectivity index (χ0) is 7.71. The van der Waals surface area contributed by atoms with Gasteiger partial charge in [0, 0.05) is 22.5 Å². The molecular weight excluding hydrogens is 225 g/mol. The Hall–Kier alpha value is 0.920. The fourth-order valence-corrected chi connectivity index (χ4v) is 2.91.